The average molecular weight is 421 g/mol. The Bertz CT molecular complexity index is 555. The maximum Gasteiger partial charge on any atom is 0.327 e. The minimum Gasteiger partial charge on any atom is -0.465 e. The SMILES string of the molecule is CC/C=C/OC(=O)CC(C(=O)OCCCCCCCCCCCC)S(=O)(=O)O. The number of carbonyl (C=O) groups is 2. The van der Waals surface area contributed by atoms with E-state index in [1.54, 1.807) is 6.08 Å². The quantitative estimate of drug-likeness (QED) is 0.159. The highest BCUT2D eigenvalue weighted by Crippen LogP contribution is 2.12. The number of hydrogen-bond donors (Lipinski definition) is 1. The third-order valence-corrected chi connectivity index (χ3v) is 5.33. The molecule has 0 heterocycles. The number of rotatable bonds is 17. The number of hydrogen-bond acceptors (Lipinski definition) is 6. The Morgan fingerprint density at radius 1 is 0.929 bits per heavy atom. The topological polar surface area (TPSA) is 107 Å². The molecule has 8 heteroatoms. The summed E-state index contributed by atoms with van der Waals surface area (Å²) in [7, 11) is -4.75. The Kier molecular flexibility index (Phi) is 15.7. The number of carbonyl (C=O) groups excluding carboxylic acids is 2. The van der Waals surface area contributed by atoms with Crippen LogP contribution in [-0.2, 0) is 29.2 Å². The van der Waals surface area contributed by atoms with Crippen LogP contribution in [0.2, 0.25) is 0 Å². The molecule has 0 fully saturated rings. The van der Waals surface area contributed by atoms with Crippen molar-refractivity contribution < 1.29 is 32.0 Å². The molecular formula is C20H36O7S. The molecule has 1 unspecified atom stereocenters. The van der Waals surface area contributed by atoms with E-state index < -0.39 is 33.7 Å². The Balaban J connectivity index is 4.04. The van der Waals surface area contributed by atoms with Crippen molar-refractivity contribution in [2.45, 2.75) is 96.1 Å². The zero-order valence-electron chi connectivity index (χ0n) is 17.2. The smallest absolute Gasteiger partial charge is 0.327 e. The normalized spacial score (nSPS) is 12.8. The molecule has 0 saturated heterocycles. The van der Waals surface area contributed by atoms with Crippen molar-refractivity contribution in [3.05, 3.63) is 12.3 Å². The highest BCUT2D eigenvalue weighted by Gasteiger charge is 2.35. The molecule has 0 aromatic heterocycles. The Hall–Kier alpha value is -1.41. The van der Waals surface area contributed by atoms with Crippen LogP contribution < -0.4 is 0 Å². The Morgan fingerprint density at radius 3 is 1.96 bits per heavy atom. The van der Waals surface area contributed by atoms with Crippen LogP contribution in [0.1, 0.15) is 90.9 Å². The van der Waals surface area contributed by atoms with Gasteiger partial charge in [0.1, 0.15) is 0 Å². The molecule has 7 nitrogen and oxygen atoms in total. The van der Waals surface area contributed by atoms with Crippen molar-refractivity contribution in [1.29, 1.82) is 0 Å². The van der Waals surface area contributed by atoms with Crippen molar-refractivity contribution in [2.24, 2.45) is 0 Å². The first-order valence-electron chi connectivity index (χ1n) is 10.3. The summed E-state index contributed by atoms with van der Waals surface area (Å²) in [4.78, 5) is 23.5. The number of esters is 2. The van der Waals surface area contributed by atoms with E-state index in [1.807, 2.05) is 6.92 Å². The van der Waals surface area contributed by atoms with Gasteiger partial charge in [0.05, 0.1) is 19.3 Å². The van der Waals surface area contributed by atoms with Crippen LogP contribution in [0.15, 0.2) is 12.3 Å². The second kappa shape index (κ2) is 16.5. The monoisotopic (exact) mass is 420 g/mol. The predicted molar refractivity (Wildman–Crippen MR) is 108 cm³/mol. The first-order valence-corrected chi connectivity index (χ1v) is 11.8. The maximum atomic E-state index is 11.9. The van der Waals surface area contributed by atoms with E-state index in [0.29, 0.717) is 12.8 Å². The van der Waals surface area contributed by atoms with Gasteiger partial charge < -0.3 is 9.47 Å². The number of ether oxygens (including phenoxy) is 2. The van der Waals surface area contributed by atoms with Gasteiger partial charge in [-0.1, -0.05) is 71.6 Å². The molecule has 0 aliphatic rings. The van der Waals surface area contributed by atoms with E-state index in [1.165, 1.54) is 38.5 Å². The maximum absolute atomic E-state index is 11.9. The lowest BCUT2D eigenvalue weighted by molar-refractivity contribution is -0.147. The zero-order valence-corrected chi connectivity index (χ0v) is 18.0. The summed E-state index contributed by atoms with van der Waals surface area (Å²) in [6.07, 6.45) is 13.7. The summed E-state index contributed by atoms with van der Waals surface area (Å²) < 4.78 is 41.5. The van der Waals surface area contributed by atoms with Gasteiger partial charge in [0.2, 0.25) is 0 Å². The third-order valence-electron chi connectivity index (χ3n) is 4.25. The summed E-state index contributed by atoms with van der Waals surface area (Å²) >= 11 is 0. The largest absolute Gasteiger partial charge is 0.465 e. The van der Waals surface area contributed by atoms with E-state index >= 15 is 0 Å². The van der Waals surface area contributed by atoms with Gasteiger partial charge in [-0.3, -0.25) is 14.1 Å². The highest BCUT2D eigenvalue weighted by molar-refractivity contribution is 7.87. The summed E-state index contributed by atoms with van der Waals surface area (Å²) in [5.74, 6) is -2.06. The second-order valence-electron chi connectivity index (χ2n) is 6.83. The molecule has 0 amide bonds. The predicted octanol–water partition coefficient (Wildman–Crippen LogP) is 4.56. The minimum absolute atomic E-state index is 0.0616. The molecule has 0 aromatic carbocycles. The molecule has 164 valence electrons. The van der Waals surface area contributed by atoms with Crippen molar-refractivity contribution in [3.63, 3.8) is 0 Å². The van der Waals surface area contributed by atoms with E-state index in [9.17, 15) is 22.6 Å². The van der Waals surface area contributed by atoms with Gasteiger partial charge in [-0.15, -0.1) is 0 Å². The molecule has 0 saturated carbocycles. The van der Waals surface area contributed by atoms with E-state index in [2.05, 4.69) is 11.7 Å². The molecule has 0 rings (SSSR count). The summed E-state index contributed by atoms with van der Waals surface area (Å²) in [5, 5.41) is -1.96. The summed E-state index contributed by atoms with van der Waals surface area (Å²) in [5.41, 5.74) is 0. The van der Waals surface area contributed by atoms with Gasteiger partial charge in [-0.25, -0.2) is 0 Å². The van der Waals surface area contributed by atoms with Crippen molar-refractivity contribution in [3.8, 4) is 0 Å². The zero-order chi connectivity index (χ0) is 21.3. The lowest BCUT2D eigenvalue weighted by Crippen LogP contribution is -2.34. The summed E-state index contributed by atoms with van der Waals surface area (Å²) in [6, 6.07) is 0. The van der Waals surface area contributed by atoms with Crippen LogP contribution in [0.5, 0.6) is 0 Å². The molecule has 0 spiro atoms. The van der Waals surface area contributed by atoms with Crippen molar-refractivity contribution >= 4 is 22.1 Å². The van der Waals surface area contributed by atoms with E-state index in [-0.39, 0.29) is 6.61 Å². The Labute approximate surface area is 169 Å². The van der Waals surface area contributed by atoms with Crippen molar-refractivity contribution in [2.75, 3.05) is 6.61 Å². The van der Waals surface area contributed by atoms with Crippen LogP contribution in [0.3, 0.4) is 0 Å². The summed E-state index contributed by atoms with van der Waals surface area (Å²) in [6.45, 7) is 4.09. The van der Waals surface area contributed by atoms with Gasteiger partial charge in [0.25, 0.3) is 10.1 Å². The van der Waals surface area contributed by atoms with Crippen LogP contribution in [0, 0.1) is 0 Å². The van der Waals surface area contributed by atoms with E-state index in [0.717, 1.165) is 25.5 Å². The minimum atomic E-state index is -4.75. The fourth-order valence-electron chi connectivity index (χ4n) is 2.59. The standard InChI is InChI=1S/C20H36O7S/c1-3-5-7-8-9-10-11-12-13-14-16-27-20(22)18(28(23,24)25)17-19(21)26-15-6-4-2/h6,15,18H,3-5,7-14,16-17H2,1-2H3,(H,23,24,25)/b15-6+. The molecule has 0 bridgehead atoms. The molecule has 0 aliphatic heterocycles. The number of allylic oxidation sites excluding steroid dienone is 1. The molecule has 0 aliphatic carbocycles. The molecule has 28 heavy (non-hydrogen) atoms. The lowest BCUT2D eigenvalue weighted by Gasteiger charge is -2.12. The van der Waals surface area contributed by atoms with Crippen LogP contribution in [0.4, 0.5) is 0 Å². The van der Waals surface area contributed by atoms with Gasteiger partial charge in [-0.05, 0) is 18.9 Å². The van der Waals surface area contributed by atoms with Crippen LogP contribution in [0.25, 0.3) is 0 Å². The van der Waals surface area contributed by atoms with Gasteiger partial charge in [0, 0.05) is 0 Å². The molecular weight excluding hydrogens is 384 g/mol. The van der Waals surface area contributed by atoms with Gasteiger partial charge in [-0.2, -0.15) is 8.42 Å². The molecule has 0 radical (unpaired) electrons. The first kappa shape index (κ1) is 26.6. The number of unbranched alkanes of at least 4 members (excludes halogenated alkanes) is 9. The van der Waals surface area contributed by atoms with Gasteiger partial charge >= 0.3 is 11.9 Å². The Morgan fingerprint density at radius 2 is 1.46 bits per heavy atom. The molecule has 1 atom stereocenters. The van der Waals surface area contributed by atoms with Crippen LogP contribution >= 0.6 is 0 Å². The fraction of sp³-hybridized carbons (Fsp3) is 0.800. The van der Waals surface area contributed by atoms with Crippen LogP contribution in [-0.4, -0.2) is 36.8 Å². The van der Waals surface area contributed by atoms with Crippen molar-refractivity contribution in [1.82, 2.24) is 0 Å². The average Bonchev–Trinajstić information content (AvgIpc) is 2.63. The molecule has 0 aromatic rings. The first-order chi connectivity index (χ1) is 13.3. The fourth-order valence-corrected chi connectivity index (χ4v) is 3.24. The third kappa shape index (κ3) is 14.6. The highest BCUT2D eigenvalue weighted by atomic mass is 32.2. The second-order valence-corrected chi connectivity index (χ2v) is 8.43. The lowest BCUT2D eigenvalue weighted by atomic mass is 10.1. The molecule has 1 N–H and O–H groups in total. The van der Waals surface area contributed by atoms with Gasteiger partial charge in [0.15, 0.2) is 5.25 Å². The van der Waals surface area contributed by atoms with E-state index in [4.69, 9.17) is 4.74 Å².